The third-order valence-corrected chi connectivity index (χ3v) is 5.91. The van der Waals surface area contributed by atoms with Crippen molar-refractivity contribution in [3.05, 3.63) is 46.2 Å². The second-order valence-corrected chi connectivity index (χ2v) is 7.90. The quantitative estimate of drug-likeness (QED) is 0.877. The van der Waals surface area contributed by atoms with Crippen molar-refractivity contribution in [2.45, 2.75) is 57.6 Å². The summed E-state index contributed by atoms with van der Waals surface area (Å²) in [6, 6.07) is 9.68. The monoisotopic (exact) mass is 368 g/mol. The van der Waals surface area contributed by atoms with Gasteiger partial charge in [0.25, 0.3) is 5.56 Å². The molecule has 1 aliphatic heterocycles. The van der Waals surface area contributed by atoms with Gasteiger partial charge in [0.1, 0.15) is 0 Å². The zero-order valence-corrected chi connectivity index (χ0v) is 15.8. The van der Waals surface area contributed by atoms with Gasteiger partial charge in [-0.3, -0.25) is 9.59 Å². The third-order valence-electron chi connectivity index (χ3n) is 5.91. The number of ether oxygens (including phenoxy) is 1. The van der Waals surface area contributed by atoms with Gasteiger partial charge in [0.2, 0.25) is 5.91 Å². The summed E-state index contributed by atoms with van der Waals surface area (Å²) >= 11 is 0. The van der Waals surface area contributed by atoms with Gasteiger partial charge in [-0.05, 0) is 43.2 Å². The minimum atomic E-state index is -0.109. The van der Waals surface area contributed by atoms with Crippen LogP contribution in [0.1, 0.15) is 50.5 Å². The first-order valence-electron chi connectivity index (χ1n) is 10.2. The first-order chi connectivity index (χ1) is 13.2. The van der Waals surface area contributed by atoms with Gasteiger partial charge in [0, 0.05) is 30.1 Å². The van der Waals surface area contributed by atoms with Gasteiger partial charge in [-0.1, -0.05) is 37.5 Å². The Morgan fingerprint density at radius 3 is 2.70 bits per heavy atom. The highest BCUT2D eigenvalue weighted by Crippen LogP contribution is 2.27. The number of pyridine rings is 1. The highest BCUT2D eigenvalue weighted by molar-refractivity contribution is 5.80. The Morgan fingerprint density at radius 2 is 1.93 bits per heavy atom. The van der Waals surface area contributed by atoms with Crippen molar-refractivity contribution in [1.82, 2.24) is 9.88 Å². The Balaban J connectivity index is 1.58. The number of benzene rings is 1. The summed E-state index contributed by atoms with van der Waals surface area (Å²) in [5, 5.41) is 0.995. The van der Waals surface area contributed by atoms with Crippen LogP contribution in [0.2, 0.25) is 0 Å². The number of para-hydroxylation sites is 1. The number of nitrogens with zero attached hydrogens (tertiary/aromatic N) is 1. The number of carbonyl (C=O) groups excluding carboxylic acids is 1. The fourth-order valence-corrected chi connectivity index (χ4v) is 4.39. The van der Waals surface area contributed by atoms with E-state index in [9.17, 15) is 9.59 Å². The number of hydrogen-bond acceptors (Lipinski definition) is 3. The predicted molar refractivity (Wildman–Crippen MR) is 106 cm³/mol. The smallest absolute Gasteiger partial charge is 0.253 e. The van der Waals surface area contributed by atoms with E-state index in [1.807, 2.05) is 35.2 Å². The minimum absolute atomic E-state index is 0.0945. The Bertz CT molecular complexity index is 848. The molecule has 5 nitrogen and oxygen atoms in total. The van der Waals surface area contributed by atoms with E-state index in [1.165, 1.54) is 6.42 Å². The van der Waals surface area contributed by atoms with Gasteiger partial charge in [-0.25, -0.2) is 0 Å². The average molecular weight is 368 g/mol. The second-order valence-electron chi connectivity index (χ2n) is 7.90. The molecule has 2 aliphatic rings. The van der Waals surface area contributed by atoms with E-state index >= 15 is 0 Å². The fraction of sp³-hybridized carbons (Fsp3) is 0.545. The van der Waals surface area contributed by atoms with E-state index in [-0.39, 0.29) is 23.5 Å². The first-order valence-corrected chi connectivity index (χ1v) is 10.2. The van der Waals surface area contributed by atoms with Crippen molar-refractivity contribution in [1.29, 1.82) is 0 Å². The number of fused-ring (bicyclic) bond motifs is 1. The number of aromatic nitrogens is 1. The molecule has 1 aliphatic carbocycles. The molecular formula is C22H28N2O3. The highest BCUT2D eigenvalue weighted by Gasteiger charge is 2.29. The van der Waals surface area contributed by atoms with Gasteiger partial charge >= 0.3 is 0 Å². The summed E-state index contributed by atoms with van der Waals surface area (Å²) in [4.78, 5) is 30.6. The molecule has 1 saturated heterocycles. The summed E-state index contributed by atoms with van der Waals surface area (Å²) in [7, 11) is 0. The summed E-state index contributed by atoms with van der Waals surface area (Å²) in [5.74, 6) is 0.289. The van der Waals surface area contributed by atoms with Crippen molar-refractivity contribution < 1.29 is 9.53 Å². The predicted octanol–water partition coefficient (Wildman–Crippen LogP) is 3.62. The Morgan fingerprint density at radius 1 is 1.11 bits per heavy atom. The van der Waals surface area contributed by atoms with Crippen LogP contribution in [0.4, 0.5) is 0 Å². The molecule has 1 N–H and O–H groups in total. The summed E-state index contributed by atoms with van der Waals surface area (Å²) in [5.41, 5.74) is 1.37. The van der Waals surface area contributed by atoms with E-state index in [1.54, 1.807) is 0 Å². The van der Waals surface area contributed by atoms with Crippen LogP contribution in [-0.4, -0.2) is 35.0 Å². The number of H-pyrrole nitrogens is 1. The van der Waals surface area contributed by atoms with Crippen LogP contribution >= 0.6 is 0 Å². The van der Waals surface area contributed by atoms with Crippen molar-refractivity contribution >= 4 is 16.8 Å². The Labute approximate surface area is 159 Å². The minimum Gasteiger partial charge on any atom is -0.376 e. The van der Waals surface area contributed by atoms with Crippen LogP contribution in [0, 0.1) is 5.92 Å². The number of nitrogens with one attached hydrogen (secondary N) is 1. The van der Waals surface area contributed by atoms with Crippen molar-refractivity contribution in [3.63, 3.8) is 0 Å². The molecule has 1 saturated carbocycles. The second kappa shape index (κ2) is 8.26. The van der Waals surface area contributed by atoms with E-state index in [0.29, 0.717) is 18.7 Å². The van der Waals surface area contributed by atoms with E-state index in [4.69, 9.17) is 4.74 Å². The number of aromatic amines is 1. The topological polar surface area (TPSA) is 62.4 Å². The molecule has 1 unspecified atom stereocenters. The van der Waals surface area contributed by atoms with Crippen LogP contribution in [0.15, 0.2) is 35.1 Å². The Hall–Kier alpha value is -2.14. The lowest BCUT2D eigenvalue weighted by molar-refractivity contribution is -0.138. The SMILES string of the molecule is O=C(C1CCCCC1)N(Cc1cc2ccccc2[nH]c1=O)CC1CCCO1. The maximum atomic E-state index is 13.2. The summed E-state index contributed by atoms with van der Waals surface area (Å²) < 4.78 is 5.78. The average Bonchev–Trinajstić information content (AvgIpc) is 3.21. The van der Waals surface area contributed by atoms with Gasteiger partial charge in [-0.15, -0.1) is 0 Å². The Kier molecular flexibility index (Phi) is 5.58. The summed E-state index contributed by atoms with van der Waals surface area (Å²) in [6.45, 7) is 1.71. The molecule has 0 spiro atoms. The molecule has 5 heteroatoms. The van der Waals surface area contributed by atoms with E-state index in [0.717, 1.165) is 56.0 Å². The zero-order chi connectivity index (χ0) is 18.6. The maximum absolute atomic E-state index is 13.2. The van der Waals surface area contributed by atoms with Crippen molar-refractivity contribution in [2.75, 3.05) is 13.2 Å². The standard InChI is InChI=1S/C22H28N2O3/c25-21-18(13-17-9-4-5-11-20(17)23-21)14-24(15-19-10-6-12-27-19)22(26)16-7-2-1-3-8-16/h4-5,9,11,13,16,19H,1-3,6-8,10,12,14-15H2,(H,23,25). The van der Waals surface area contributed by atoms with E-state index in [2.05, 4.69) is 4.98 Å². The molecule has 2 heterocycles. The molecule has 27 heavy (non-hydrogen) atoms. The highest BCUT2D eigenvalue weighted by atomic mass is 16.5. The molecule has 1 amide bonds. The molecule has 2 aromatic rings. The largest absolute Gasteiger partial charge is 0.376 e. The molecule has 1 aromatic carbocycles. The molecule has 1 atom stereocenters. The molecular weight excluding hydrogens is 340 g/mol. The molecule has 1 aromatic heterocycles. The van der Waals surface area contributed by atoms with Gasteiger partial charge in [-0.2, -0.15) is 0 Å². The third kappa shape index (κ3) is 4.24. The fourth-order valence-electron chi connectivity index (χ4n) is 4.39. The van der Waals surface area contributed by atoms with Crippen molar-refractivity contribution in [2.24, 2.45) is 5.92 Å². The number of hydrogen-bond donors (Lipinski definition) is 1. The lowest BCUT2D eigenvalue weighted by atomic mass is 9.88. The van der Waals surface area contributed by atoms with Crippen LogP contribution < -0.4 is 5.56 Å². The normalized spacial score (nSPS) is 20.8. The molecule has 0 radical (unpaired) electrons. The molecule has 2 fully saturated rings. The van der Waals surface area contributed by atoms with Crippen LogP contribution in [0.3, 0.4) is 0 Å². The van der Waals surface area contributed by atoms with Gasteiger partial charge in [0.05, 0.1) is 12.6 Å². The number of carbonyl (C=O) groups is 1. The van der Waals surface area contributed by atoms with E-state index < -0.39 is 0 Å². The van der Waals surface area contributed by atoms with Gasteiger partial charge in [0.15, 0.2) is 0 Å². The zero-order valence-electron chi connectivity index (χ0n) is 15.8. The maximum Gasteiger partial charge on any atom is 0.253 e. The molecule has 0 bridgehead atoms. The first kappa shape index (κ1) is 18.2. The van der Waals surface area contributed by atoms with Crippen LogP contribution in [0.25, 0.3) is 10.9 Å². The molecule has 4 rings (SSSR count). The number of amides is 1. The lowest BCUT2D eigenvalue weighted by Gasteiger charge is -2.31. The molecule has 144 valence electrons. The summed E-state index contributed by atoms with van der Waals surface area (Å²) in [6.07, 6.45) is 7.54. The van der Waals surface area contributed by atoms with Gasteiger partial charge < -0.3 is 14.6 Å². The lowest BCUT2D eigenvalue weighted by Crippen LogP contribution is -2.42. The van der Waals surface area contributed by atoms with Crippen LogP contribution in [0.5, 0.6) is 0 Å². The number of rotatable bonds is 5. The van der Waals surface area contributed by atoms with Crippen molar-refractivity contribution in [3.8, 4) is 0 Å². The van der Waals surface area contributed by atoms with Crippen LogP contribution in [-0.2, 0) is 16.1 Å².